The van der Waals surface area contributed by atoms with Crippen molar-refractivity contribution in [3.63, 3.8) is 0 Å². The van der Waals surface area contributed by atoms with Gasteiger partial charge in [-0.05, 0) is 70.2 Å². The number of ether oxygens (including phenoxy) is 1. The maximum Gasteiger partial charge on any atom is 0.273 e. The molecule has 1 aromatic heterocycles. The summed E-state index contributed by atoms with van der Waals surface area (Å²) < 4.78 is 5.50. The Balaban J connectivity index is 1.20. The van der Waals surface area contributed by atoms with E-state index in [1.54, 1.807) is 6.20 Å². The van der Waals surface area contributed by atoms with Crippen LogP contribution in [0.3, 0.4) is 0 Å². The zero-order valence-electron chi connectivity index (χ0n) is 22.2. The molecule has 2 aliphatic heterocycles. The van der Waals surface area contributed by atoms with E-state index >= 15 is 0 Å². The molecule has 3 fully saturated rings. The number of carbonyl (C=O) groups excluding carboxylic acids is 1. The third-order valence-electron chi connectivity index (χ3n) is 8.25. The van der Waals surface area contributed by atoms with E-state index in [9.17, 15) is 9.90 Å². The van der Waals surface area contributed by atoms with E-state index in [4.69, 9.17) is 22.1 Å². The number of nitrogens with two attached hydrogens (primary N) is 1. The number of anilines is 1. The summed E-state index contributed by atoms with van der Waals surface area (Å²) in [5, 5.41) is 13.8. The zero-order valence-corrected chi connectivity index (χ0v) is 22.9. The Morgan fingerprint density at radius 1 is 1.18 bits per heavy atom. The molecule has 0 atom stereocenters. The highest BCUT2D eigenvalue weighted by atomic mass is 35.5. The van der Waals surface area contributed by atoms with Crippen LogP contribution >= 0.6 is 11.6 Å². The Hall–Kier alpha value is -2.30. The van der Waals surface area contributed by atoms with Crippen LogP contribution in [-0.4, -0.2) is 87.9 Å². The molecule has 5 rings (SSSR count). The van der Waals surface area contributed by atoms with Gasteiger partial charge in [0, 0.05) is 37.3 Å². The third kappa shape index (κ3) is 6.63. The van der Waals surface area contributed by atoms with Crippen molar-refractivity contribution in [1.29, 1.82) is 0 Å². The van der Waals surface area contributed by atoms with Gasteiger partial charge in [-0.2, -0.15) is 0 Å². The summed E-state index contributed by atoms with van der Waals surface area (Å²) in [4.78, 5) is 26.8. The fraction of sp³-hybridized carbons (Fsp3) is 0.607. The van der Waals surface area contributed by atoms with E-state index in [1.165, 1.54) is 12.8 Å². The summed E-state index contributed by atoms with van der Waals surface area (Å²) in [5.74, 6) is -0.265. The van der Waals surface area contributed by atoms with Gasteiger partial charge in [0.2, 0.25) is 0 Å². The molecule has 3 aliphatic rings. The average molecular weight is 543 g/mol. The monoisotopic (exact) mass is 542 g/mol. The number of morpholine rings is 1. The number of likely N-dealkylation sites (tertiary alicyclic amines) is 1. The number of halogens is 1. The lowest BCUT2D eigenvalue weighted by Crippen LogP contribution is -2.48. The molecule has 0 bridgehead atoms. The van der Waals surface area contributed by atoms with E-state index < -0.39 is 5.60 Å². The van der Waals surface area contributed by atoms with Crippen LogP contribution in [0.25, 0.3) is 11.3 Å². The minimum Gasteiger partial charge on any atom is -0.390 e. The molecular weight excluding hydrogens is 504 g/mol. The first kappa shape index (κ1) is 27.3. The molecule has 0 spiro atoms. The van der Waals surface area contributed by atoms with Crippen LogP contribution in [0.1, 0.15) is 61.5 Å². The third-order valence-corrected chi connectivity index (χ3v) is 8.56. The smallest absolute Gasteiger partial charge is 0.273 e. The number of piperidine rings is 1. The fourth-order valence-electron chi connectivity index (χ4n) is 5.84. The molecule has 0 unspecified atom stereocenters. The van der Waals surface area contributed by atoms with Crippen LogP contribution in [0.2, 0.25) is 5.02 Å². The molecule has 0 radical (unpaired) electrons. The normalized spacial score (nSPS) is 25.8. The van der Waals surface area contributed by atoms with E-state index in [1.807, 2.05) is 19.1 Å². The lowest BCUT2D eigenvalue weighted by Gasteiger charge is -2.40. The van der Waals surface area contributed by atoms with E-state index in [2.05, 4.69) is 31.2 Å². The van der Waals surface area contributed by atoms with Crippen molar-refractivity contribution in [3.8, 4) is 11.3 Å². The number of carbonyl (C=O) groups is 1. The highest BCUT2D eigenvalue weighted by Crippen LogP contribution is 2.30. The number of hydrogen-bond acceptors (Lipinski definition) is 8. The molecule has 9 nitrogen and oxygen atoms in total. The minimum atomic E-state index is -0.664. The second-order valence-electron chi connectivity index (χ2n) is 11.2. The summed E-state index contributed by atoms with van der Waals surface area (Å²) in [6, 6.07) is 6.64. The van der Waals surface area contributed by atoms with Gasteiger partial charge in [-0.3, -0.25) is 14.6 Å². The second-order valence-corrected chi connectivity index (χ2v) is 11.6. The van der Waals surface area contributed by atoms with Crippen LogP contribution in [0, 0.1) is 0 Å². The molecule has 4 N–H and O–H groups in total. The maximum atomic E-state index is 13.0. The standard InChI is InChI=1S/C28H39ClN6O3/c1-28(37)8-4-20(5-9-28)32-27(36)25-26(30)31-17-24(33-25)22-3-2-19(16-23(22)29)18-34-10-6-21(7-11-34)35-12-14-38-15-13-35/h2-3,16-17,20-21,37H,4-15,18H2,1H3,(H2,30,31)(H,32,36). The molecule has 1 aromatic carbocycles. The maximum absolute atomic E-state index is 13.0. The van der Waals surface area contributed by atoms with Crippen molar-refractivity contribution in [2.45, 2.75) is 69.7 Å². The molecule has 1 saturated carbocycles. The summed E-state index contributed by atoms with van der Waals surface area (Å²) in [6.07, 6.45) is 6.63. The molecule has 38 heavy (non-hydrogen) atoms. The molecule has 1 amide bonds. The van der Waals surface area contributed by atoms with Gasteiger partial charge in [-0.25, -0.2) is 9.97 Å². The Bertz CT molecular complexity index is 1120. The largest absolute Gasteiger partial charge is 0.390 e. The van der Waals surface area contributed by atoms with Crippen molar-refractivity contribution in [1.82, 2.24) is 25.1 Å². The molecule has 10 heteroatoms. The van der Waals surface area contributed by atoms with Crippen LogP contribution in [-0.2, 0) is 11.3 Å². The lowest BCUT2D eigenvalue weighted by atomic mass is 9.83. The quantitative estimate of drug-likeness (QED) is 0.510. The number of hydrogen-bond donors (Lipinski definition) is 3. The molecule has 1 aliphatic carbocycles. The van der Waals surface area contributed by atoms with Gasteiger partial charge in [0.1, 0.15) is 0 Å². The Kier molecular flexibility index (Phi) is 8.50. The van der Waals surface area contributed by atoms with Gasteiger partial charge in [-0.15, -0.1) is 0 Å². The number of rotatable bonds is 6. The van der Waals surface area contributed by atoms with E-state index in [0.717, 1.165) is 57.1 Å². The van der Waals surface area contributed by atoms with Crippen molar-refractivity contribution in [2.75, 3.05) is 45.1 Å². The number of aromatic nitrogens is 2. The molecule has 2 saturated heterocycles. The van der Waals surface area contributed by atoms with Crippen LogP contribution in [0.5, 0.6) is 0 Å². The number of aliphatic hydroxyl groups is 1. The minimum absolute atomic E-state index is 0.0191. The van der Waals surface area contributed by atoms with E-state index in [0.29, 0.717) is 42.4 Å². The number of amides is 1. The van der Waals surface area contributed by atoms with Gasteiger partial charge in [0.15, 0.2) is 11.5 Å². The van der Waals surface area contributed by atoms with Gasteiger partial charge >= 0.3 is 0 Å². The Morgan fingerprint density at radius 3 is 2.58 bits per heavy atom. The molecule has 2 aromatic rings. The number of nitrogen functional groups attached to an aromatic ring is 1. The van der Waals surface area contributed by atoms with Crippen molar-refractivity contribution in [3.05, 3.63) is 40.7 Å². The summed E-state index contributed by atoms with van der Waals surface area (Å²) in [6.45, 7) is 8.61. The first-order valence-corrected chi connectivity index (χ1v) is 14.1. The number of benzene rings is 1. The second kappa shape index (κ2) is 11.8. The predicted octanol–water partition coefficient (Wildman–Crippen LogP) is 3.10. The number of nitrogens with zero attached hydrogens (tertiary/aromatic N) is 4. The summed E-state index contributed by atoms with van der Waals surface area (Å²) >= 11 is 6.70. The van der Waals surface area contributed by atoms with Crippen molar-refractivity contribution >= 4 is 23.3 Å². The highest BCUT2D eigenvalue weighted by molar-refractivity contribution is 6.33. The van der Waals surface area contributed by atoms with Gasteiger partial charge in [-0.1, -0.05) is 23.7 Å². The average Bonchev–Trinajstić information content (AvgIpc) is 2.91. The summed E-state index contributed by atoms with van der Waals surface area (Å²) in [7, 11) is 0. The summed E-state index contributed by atoms with van der Waals surface area (Å²) in [5.41, 5.74) is 7.84. The van der Waals surface area contributed by atoms with E-state index in [-0.39, 0.29) is 23.5 Å². The van der Waals surface area contributed by atoms with Crippen LogP contribution < -0.4 is 11.1 Å². The Morgan fingerprint density at radius 2 is 1.89 bits per heavy atom. The fourth-order valence-corrected chi connectivity index (χ4v) is 6.14. The topological polar surface area (TPSA) is 117 Å². The van der Waals surface area contributed by atoms with Crippen molar-refractivity contribution < 1.29 is 14.6 Å². The first-order chi connectivity index (χ1) is 18.3. The van der Waals surface area contributed by atoms with Crippen LogP contribution in [0.15, 0.2) is 24.4 Å². The van der Waals surface area contributed by atoms with Crippen molar-refractivity contribution in [2.24, 2.45) is 0 Å². The molecular formula is C28H39ClN6O3. The molecule has 3 heterocycles. The predicted molar refractivity (Wildman–Crippen MR) is 148 cm³/mol. The molecule has 206 valence electrons. The zero-order chi connectivity index (χ0) is 26.7. The van der Waals surface area contributed by atoms with Gasteiger partial charge in [0.25, 0.3) is 5.91 Å². The van der Waals surface area contributed by atoms with Gasteiger partial charge < -0.3 is 20.9 Å². The first-order valence-electron chi connectivity index (χ1n) is 13.8. The highest BCUT2D eigenvalue weighted by Gasteiger charge is 2.30. The lowest BCUT2D eigenvalue weighted by molar-refractivity contribution is 0.000231. The van der Waals surface area contributed by atoms with Gasteiger partial charge in [0.05, 0.1) is 35.7 Å². The Labute approximate surface area is 229 Å². The SMILES string of the molecule is CC1(O)CCC(NC(=O)c2nc(-c3ccc(CN4CCC(N5CCOCC5)CC4)cc3Cl)cnc2N)CC1. The number of nitrogens with one attached hydrogen (secondary N) is 1. The van der Waals surface area contributed by atoms with Crippen LogP contribution in [0.4, 0.5) is 5.82 Å².